The van der Waals surface area contributed by atoms with Gasteiger partial charge < -0.3 is 10.1 Å². The molecule has 2 rings (SSSR count). The van der Waals surface area contributed by atoms with E-state index in [2.05, 4.69) is 5.32 Å². The Kier molecular flexibility index (Phi) is 5.65. The molecule has 0 heterocycles. The lowest BCUT2D eigenvalue weighted by Gasteiger charge is -2.06. The van der Waals surface area contributed by atoms with Gasteiger partial charge in [-0.3, -0.25) is 4.79 Å². The molecule has 3 nitrogen and oxygen atoms in total. The lowest BCUT2D eigenvalue weighted by molar-refractivity contribution is -0.116. The van der Waals surface area contributed by atoms with Crippen LogP contribution in [0, 0.1) is 11.6 Å². The molecule has 0 spiro atoms. The highest BCUT2D eigenvalue weighted by atomic mass is 19.1. The Bertz CT molecular complexity index is 654. The third kappa shape index (κ3) is 5.01. The maximum absolute atomic E-state index is 13.3. The molecule has 0 saturated carbocycles. The fraction of sp³-hybridized carbons (Fsp3) is 0.118. The minimum absolute atomic E-state index is 0.255. The summed E-state index contributed by atoms with van der Waals surface area (Å²) in [4.78, 5) is 11.6. The van der Waals surface area contributed by atoms with Crippen molar-refractivity contribution in [2.75, 3.05) is 13.2 Å². The molecule has 0 aromatic heterocycles. The number of carbonyl (C=O) groups excluding carboxylic acids is 1. The molecular formula is C17H15F2NO2. The Morgan fingerprint density at radius 3 is 2.55 bits per heavy atom. The van der Waals surface area contributed by atoms with E-state index in [0.717, 1.165) is 0 Å². The minimum Gasteiger partial charge on any atom is -0.492 e. The van der Waals surface area contributed by atoms with E-state index in [9.17, 15) is 13.6 Å². The number of hydrogen-bond donors (Lipinski definition) is 1. The van der Waals surface area contributed by atoms with Crippen LogP contribution in [-0.2, 0) is 4.79 Å². The number of rotatable bonds is 6. The van der Waals surface area contributed by atoms with Gasteiger partial charge in [-0.2, -0.15) is 0 Å². The van der Waals surface area contributed by atoms with Gasteiger partial charge in [0.05, 0.1) is 6.54 Å². The average Bonchev–Trinajstić information content (AvgIpc) is 2.52. The lowest BCUT2D eigenvalue weighted by atomic mass is 10.2. The predicted molar refractivity (Wildman–Crippen MR) is 80.3 cm³/mol. The number of nitrogens with one attached hydrogen (secondary N) is 1. The molecular weight excluding hydrogens is 288 g/mol. The van der Waals surface area contributed by atoms with E-state index in [-0.39, 0.29) is 30.7 Å². The van der Waals surface area contributed by atoms with Gasteiger partial charge in [-0.05, 0) is 36.4 Å². The second kappa shape index (κ2) is 7.93. The van der Waals surface area contributed by atoms with Crippen LogP contribution in [0.2, 0.25) is 0 Å². The van der Waals surface area contributed by atoms with E-state index in [1.54, 1.807) is 18.2 Å². The van der Waals surface area contributed by atoms with Crippen LogP contribution in [0.5, 0.6) is 5.75 Å². The van der Waals surface area contributed by atoms with Gasteiger partial charge in [0.2, 0.25) is 5.91 Å². The van der Waals surface area contributed by atoms with Crippen molar-refractivity contribution in [2.24, 2.45) is 0 Å². The summed E-state index contributed by atoms with van der Waals surface area (Å²) in [6.07, 6.45) is 2.67. The van der Waals surface area contributed by atoms with Crippen molar-refractivity contribution in [2.45, 2.75) is 0 Å². The highest BCUT2D eigenvalue weighted by molar-refractivity contribution is 5.91. The smallest absolute Gasteiger partial charge is 0.244 e. The molecule has 0 unspecified atom stereocenters. The summed E-state index contributed by atoms with van der Waals surface area (Å²) >= 11 is 0. The second-order valence-electron chi connectivity index (χ2n) is 4.45. The third-order valence-corrected chi connectivity index (χ3v) is 2.80. The predicted octanol–water partition coefficient (Wildman–Crippen LogP) is 3.17. The SMILES string of the molecule is O=C(/C=C/c1ccccc1F)NCCOc1ccc(F)cc1. The molecule has 2 aromatic rings. The second-order valence-corrected chi connectivity index (χ2v) is 4.45. The molecule has 5 heteroatoms. The first kappa shape index (κ1) is 15.7. The highest BCUT2D eigenvalue weighted by Crippen LogP contribution is 2.10. The molecule has 0 aliphatic rings. The topological polar surface area (TPSA) is 38.3 Å². The van der Waals surface area contributed by atoms with Crippen LogP contribution in [-0.4, -0.2) is 19.1 Å². The first-order valence-corrected chi connectivity index (χ1v) is 6.74. The van der Waals surface area contributed by atoms with Gasteiger partial charge in [0.15, 0.2) is 0 Å². The summed E-state index contributed by atoms with van der Waals surface area (Å²) in [5.74, 6) is -0.534. The third-order valence-electron chi connectivity index (χ3n) is 2.80. The first-order chi connectivity index (χ1) is 10.6. The van der Waals surface area contributed by atoms with Gasteiger partial charge >= 0.3 is 0 Å². The van der Waals surface area contributed by atoms with E-state index >= 15 is 0 Å². The number of carbonyl (C=O) groups is 1. The quantitative estimate of drug-likeness (QED) is 0.657. The normalized spacial score (nSPS) is 10.6. The van der Waals surface area contributed by atoms with Crippen molar-refractivity contribution in [3.05, 3.63) is 71.8 Å². The Labute approximate surface area is 127 Å². The van der Waals surface area contributed by atoms with Crippen molar-refractivity contribution in [1.82, 2.24) is 5.32 Å². The van der Waals surface area contributed by atoms with E-state index < -0.39 is 0 Å². The van der Waals surface area contributed by atoms with Gasteiger partial charge in [0.25, 0.3) is 0 Å². The minimum atomic E-state index is -0.383. The number of benzene rings is 2. The van der Waals surface area contributed by atoms with Crippen LogP contribution < -0.4 is 10.1 Å². The van der Waals surface area contributed by atoms with Crippen molar-refractivity contribution >= 4 is 12.0 Å². The van der Waals surface area contributed by atoms with Gasteiger partial charge in [-0.15, -0.1) is 0 Å². The van der Waals surface area contributed by atoms with E-state index in [0.29, 0.717) is 11.3 Å². The fourth-order valence-corrected chi connectivity index (χ4v) is 1.71. The Balaban J connectivity index is 1.72. The molecule has 0 saturated heterocycles. The van der Waals surface area contributed by atoms with Crippen LogP contribution in [0.15, 0.2) is 54.6 Å². The van der Waals surface area contributed by atoms with Crippen LogP contribution in [0.25, 0.3) is 6.08 Å². The zero-order valence-corrected chi connectivity index (χ0v) is 11.8. The summed E-state index contributed by atoms with van der Waals surface area (Å²) < 4.78 is 31.3. The molecule has 1 amide bonds. The molecule has 2 aromatic carbocycles. The lowest BCUT2D eigenvalue weighted by Crippen LogP contribution is -2.26. The van der Waals surface area contributed by atoms with Crippen LogP contribution in [0.3, 0.4) is 0 Å². The van der Waals surface area contributed by atoms with E-state index in [1.807, 2.05) is 0 Å². The monoisotopic (exact) mass is 303 g/mol. The fourth-order valence-electron chi connectivity index (χ4n) is 1.71. The number of halogens is 2. The maximum Gasteiger partial charge on any atom is 0.244 e. The molecule has 114 valence electrons. The van der Waals surface area contributed by atoms with Crippen LogP contribution in [0.4, 0.5) is 8.78 Å². The Morgan fingerprint density at radius 2 is 1.82 bits per heavy atom. The summed E-state index contributed by atoms with van der Waals surface area (Å²) in [5.41, 5.74) is 0.347. The highest BCUT2D eigenvalue weighted by Gasteiger charge is 1.99. The average molecular weight is 303 g/mol. The molecule has 0 atom stereocenters. The van der Waals surface area contributed by atoms with Gasteiger partial charge in [-0.1, -0.05) is 18.2 Å². The largest absolute Gasteiger partial charge is 0.492 e. The molecule has 22 heavy (non-hydrogen) atoms. The Hall–Kier alpha value is -2.69. The van der Waals surface area contributed by atoms with Crippen molar-refractivity contribution in [3.63, 3.8) is 0 Å². The van der Waals surface area contributed by atoms with Gasteiger partial charge in [-0.25, -0.2) is 8.78 Å². The zero-order valence-electron chi connectivity index (χ0n) is 11.8. The van der Waals surface area contributed by atoms with Gasteiger partial charge in [0.1, 0.15) is 24.0 Å². The first-order valence-electron chi connectivity index (χ1n) is 6.74. The van der Waals surface area contributed by atoms with Crippen molar-refractivity contribution < 1.29 is 18.3 Å². The molecule has 0 radical (unpaired) electrons. The van der Waals surface area contributed by atoms with E-state index in [4.69, 9.17) is 4.74 Å². The number of amides is 1. The summed E-state index contributed by atoms with van der Waals surface area (Å²) in [6.45, 7) is 0.544. The van der Waals surface area contributed by atoms with E-state index in [1.165, 1.54) is 42.5 Å². The molecule has 0 aliphatic carbocycles. The van der Waals surface area contributed by atoms with Crippen LogP contribution >= 0.6 is 0 Å². The molecule has 0 fully saturated rings. The van der Waals surface area contributed by atoms with Crippen molar-refractivity contribution in [1.29, 1.82) is 0 Å². The summed E-state index contributed by atoms with van der Waals surface area (Å²) in [6, 6.07) is 11.8. The van der Waals surface area contributed by atoms with Crippen molar-refractivity contribution in [3.8, 4) is 5.75 Å². The standard InChI is InChI=1S/C17H15F2NO2/c18-14-6-8-15(9-7-14)22-12-11-20-17(21)10-5-13-3-1-2-4-16(13)19/h1-10H,11-12H2,(H,20,21)/b10-5+. The molecule has 0 aliphatic heterocycles. The van der Waals surface area contributed by atoms with Crippen LogP contribution in [0.1, 0.15) is 5.56 Å². The number of ether oxygens (including phenoxy) is 1. The summed E-state index contributed by atoms with van der Waals surface area (Å²) in [7, 11) is 0. The summed E-state index contributed by atoms with van der Waals surface area (Å²) in [5, 5.41) is 2.61. The zero-order chi connectivity index (χ0) is 15.8. The Morgan fingerprint density at radius 1 is 1.09 bits per heavy atom. The number of hydrogen-bond acceptors (Lipinski definition) is 2. The maximum atomic E-state index is 13.3. The molecule has 1 N–H and O–H groups in total. The molecule has 0 bridgehead atoms. The van der Waals surface area contributed by atoms with Gasteiger partial charge in [0, 0.05) is 11.6 Å².